The van der Waals surface area contributed by atoms with Crippen molar-refractivity contribution in [1.29, 1.82) is 0 Å². The molecule has 120 valence electrons. The molecule has 0 bridgehead atoms. The van der Waals surface area contributed by atoms with E-state index in [9.17, 15) is 9.59 Å². The van der Waals surface area contributed by atoms with E-state index in [4.69, 9.17) is 11.6 Å². The summed E-state index contributed by atoms with van der Waals surface area (Å²) in [7, 11) is 0. The molecule has 1 aromatic carbocycles. The SMILES string of the molecule is O=C(Nc1ccc(Cl)cc1)N1CCN(C(=O)c2ccsc2)CC1. The summed E-state index contributed by atoms with van der Waals surface area (Å²) < 4.78 is 0. The van der Waals surface area contributed by atoms with Crippen LogP contribution in [0.1, 0.15) is 10.4 Å². The fourth-order valence-corrected chi connectivity index (χ4v) is 3.17. The van der Waals surface area contributed by atoms with Crippen molar-refractivity contribution in [2.24, 2.45) is 0 Å². The molecule has 0 radical (unpaired) electrons. The Morgan fingerprint density at radius 1 is 1.00 bits per heavy atom. The van der Waals surface area contributed by atoms with E-state index in [1.54, 1.807) is 34.1 Å². The molecule has 0 unspecified atom stereocenters. The van der Waals surface area contributed by atoms with Crippen LogP contribution in [0, 0.1) is 0 Å². The van der Waals surface area contributed by atoms with Gasteiger partial charge in [-0.3, -0.25) is 4.79 Å². The lowest BCUT2D eigenvalue weighted by molar-refractivity contribution is 0.0672. The molecule has 23 heavy (non-hydrogen) atoms. The molecular formula is C16H16ClN3O2S. The van der Waals surface area contributed by atoms with Gasteiger partial charge < -0.3 is 15.1 Å². The van der Waals surface area contributed by atoms with Gasteiger partial charge in [0.1, 0.15) is 0 Å². The Hall–Kier alpha value is -2.05. The summed E-state index contributed by atoms with van der Waals surface area (Å²) in [6, 6.07) is 8.65. The predicted octanol–water partition coefficient (Wildman–Crippen LogP) is 3.39. The zero-order valence-corrected chi connectivity index (χ0v) is 13.9. The van der Waals surface area contributed by atoms with Crippen molar-refractivity contribution in [1.82, 2.24) is 9.80 Å². The largest absolute Gasteiger partial charge is 0.335 e. The van der Waals surface area contributed by atoms with Crippen molar-refractivity contribution in [2.45, 2.75) is 0 Å². The molecule has 5 nitrogen and oxygen atoms in total. The smallest absolute Gasteiger partial charge is 0.321 e. The van der Waals surface area contributed by atoms with Crippen LogP contribution in [0.5, 0.6) is 0 Å². The van der Waals surface area contributed by atoms with Crippen molar-refractivity contribution >= 4 is 40.6 Å². The number of hydrogen-bond acceptors (Lipinski definition) is 3. The summed E-state index contributed by atoms with van der Waals surface area (Å²) in [5.74, 6) is 0.0315. The highest BCUT2D eigenvalue weighted by Crippen LogP contribution is 2.15. The number of thiophene rings is 1. The zero-order chi connectivity index (χ0) is 16.2. The van der Waals surface area contributed by atoms with E-state index in [1.165, 1.54) is 11.3 Å². The molecule has 3 amide bonds. The molecule has 2 aromatic rings. The lowest BCUT2D eigenvalue weighted by Crippen LogP contribution is -2.51. The molecule has 0 aliphatic carbocycles. The molecule has 1 saturated heterocycles. The monoisotopic (exact) mass is 349 g/mol. The average molecular weight is 350 g/mol. The molecular weight excluding hydrogens is 334 g/mol. The molecule has 0 saturated carbocycles. The van der Waals surface area contributed by atoms with Crippen LogP contribution >= 0.6 is 22.9 Å². The third-order valence-corrected chi connectivity index (χ3v) is 4.65. The highest BCUT2D eigenvalue weighted by atomic mass is 35.5. The van der Waals surface area contributed by atoms with Crippen LogP contribution < -0.4 is 5.32 Å². The molecule has 2 heterocycles. The van der Waals surface area contributed by atoms with E-state index in [0.717, 1.165) is 0 Å². The van der Waals surface area contributed by atoms with Gasteiger partial charge in [-0.1, -0.05) is 11.6 Å². The molecule has 7 heteroatoms. The Labute approximate surface area is 143 Å². The lowest BCUT2D eigenvalue weighted by atomic mass is 10.2. The highest BCUT2D eigenvalue weighted by Gasteiger charge is 2.25. The summed E-state index contributed by atoms with van der Waals surface area (Å²) in [5.41, 5.74) is 1.42. The first-order valence-corrected chi connectivity index (χ1v) is 8.58. The third-order valence-electron chi connectivity index (χ3n) is 3.72. The number of nitrogens with zero attached hydrogens (tertiary/aromatic N) is 2. The van der Waals surface area contributed by atoms with Crippen LogP contribution in [0.4, 0.5) is 10.5 Å². The van der Waals surface area contributed by atoms with Crippen LogP contribution in [0.2, 0.25) is 5.02 Å². The minimum absolute atomic E-state index is 0.0315. The lowest BCUT2D eigenvalue weighted by Gasteiger charge is -2.34. The van der Waals surface area contributed by atoms with Crippen LogP contribution in [0.15, 0.2) is 41.1 Å². The van der Waals surface area contributed by atoms with Crippen LogP contribution in [-0.2, 0) is 0 Å². The Morgan fingerprint density at radius 2 is 1.65 bits per heavy atom. The normalized spacial score (nSPS) is 14.7. The molecule has 0 spiro atoms. The highest BCUT2D eigenvalue weighted by molar-refractivity contribution is 7.08. The number of halogens is 1. The van der Waals surface area contributed by atoms with Crippen LogP contribution in [0.25, 0.3) is 0 Å². The number of hydrogen-bond donors (Lipinski definition) is 1. The van der Waals surface area contributed by atoms with E-state index in [0.29, 0.717) is 42.5 Å². The van der Waals surface area contributed by atoms with Gasteiger partial charge in [0, 0.05) is 42.3 Å². The van der Waals surface area contributed by atoms with Gasteiger partial charge in [0.25, 0.3) is 5.91 Å². The fourth-order valence-electron chi connectivity index (χ4n) is 2.42. The second-order valence-corrected chi connectivity index (χ2v) is 6.44. The van der Waals surface area contributed by atoms with Gasteiger partial charge in [-0.15, -0.1) is 0 Å². The number of urea groups is 1. The van der Waals surface area contributed by atoms with Gasteiger partial charge in [0.15, 0.2) is 0 Å². The summed E-state index contributed by atoms with van der Waals surface area (Å²) in [6.07, 6.45) is 0. The number of benzene rings is 1. The summed E-state index contributed by atoms with van der Waals surface area (Å²) in [4.78, 5) is 28.0. The number of carbonyl (C=O) groups excluding carboxylic acids is 2. The van der Waals surface area contributed by atoms with Crippen molar-refractivity contribution in [2.75, 3.05) is 31.5 Å². The van der Waals surface area contributed by atoms with Crippen molar-refractivity contribution in [3.8, 4) is 0 Å². The summed E-state index contributed by atoms with van der Waals surface area (Å²) in [5, 5.41) is 7.21. The van der Waals surface area contributed by atoms with Gasteiger partial charge >= 0.3 is 6.03 Å². The molecule has 1 N–H and O–H groups in total. The van der Waals surface area contributed by atoms with Gasteiger partial charge in [0.2, 0.25) is 0 Å². The van der Waals surface area contributed by atoms with Crippen molar-refractivity contribution < 1.29 is 9.59 Å². The first-order valence-electron chi connectivity index (χ1n) is 7.26. The zero-order valence-electron chi connectivity index (χ0n) is 12.4. The maximum Gasteiger partial charge on any atom is 0.321 e. The maximum absolute atomic E-state index is 12.3. The fraction of sp³-hybridized carbons (Fsp3) is 0.250. The number of carbonyl (C=O) groups is 2. The van der Waals surface area contributed by atoms with E-state index >= 15 is 0 Å². The Balaban J connectivity index is 1.53. The molecule has 3 rings (SSSR count). The average Bonchev–Trinajstić information content (AvgIpc) is 3.11. The first-order chi connectivity index (χ1) is 11.1. The molecule has 1 aliphatic heterocycles. The van der Waals surface area contributed by atoms with Crippen LogP contribution in [-0.4, -0.2) is 47.9 Å². The van der Waals surface area contributed by atoms with Gasteiger partial charge in [-0.05, 0) is 35.7 Å². The third kappa shape index (κ3) is 3.83. The second-order valence-electron chi connectivity index (χ2n) is 5.23. The minimum Gasteiger partial charge on any atom is -0.335 e. The minimum atomic E-state index is -0.157. The Bertz CT molecular complexity index is 680. The molecule has 1 fully saturated rings. The number of piperazine rings is 1. The number of anilines is 1. The van der Waals surface area contributed by atoms with Crippen LogP contribution in [0.3, 0.4) is 0 Å². The first kappa shape index (κ1) is 15.8. The Morgan fingerprint density at radius 3 is 2.26 bits per heavy atom. The number of amides is 3. The quantitative estimate of drug-likeness (QED) is 0.903. The molecule has 1 aromatic heterocycles. The standard InChI is InChI=1S/C16H16ClN3O2S/c17-13-1-3-14(4-2-13)18-16(22)20-8-6-19(7-9-20)15(21)12-5-10-23-11-12/h1-5,10-11H,6-9H2,(H,18,22). The second kappa shape index (κ2) is 7.02. The Kier molecular flexibility index (Phi) is 4.83. The maximum atomic E-state index is 12.3. The van der Waals surface area contributed by atoms with E-state index in [-0.39, 0.29) is 11.9 Å². The van der Waals surface area contributed by atoms with Gasteiger partial charge in [-0.2, -0.15) is 11.3 Å². The van der Waals surface area contributed by atoms with E-state index < -0.39 is 0 Å². The summed E-state index contributed by atoms with van der Waals surface area (Å²) in [6.45, 7) is 2.13. The van der Waals surface area contributed by atoms with Crippen molar-refractivity contribution in [3.05, 3.63) is 51.7 Å². The van der Waals surface area contributed by atoms with E-state index in [2.05, 4.69) is 5.32 Å². The number of nitrogens with one attached hydrogen (secondary N) is 1. The van der Waals surface area contributed by atoms with Gasteiger partial charge in [-0.25, -0.2) is 4.79 Å². The summed E-state index contributed by atoms with van der Waals surface area (Å²) >= 11 is 7.33. The topological polar surface area (TPSA) is 52.7 Å². The van der Waals surface area contributed by atoms with Crippen molar-refractivity contribution in [3.63, 3.8) is 0 Å². The number of rotatable bonds is 2. The molecule has 1 aliphatic rings. The predicted molar refractivity (Wildman–Crippen MR) is 92.3 cm³/mol. The van der Waals surface area contributed by atoms with E-state index in [1.807, 2.05) is 16.8 Å². The molecule has 0 atom stereocenters. The van der Waals surface area contributed by atoms with Gasteiger partial charge in [0.05, 0.1) is 5.56 Å².